The quantitative estimate of drug-likeness (QED) is 0.432. The van der Waals surface area contributed by atoms with E-state index in [-0.39, 0.29) is 36.9 Å². The maximum Gasteiger partial charge on any atom is 0.404 e. The zero-order chi connectivity index (χ0) is 8.48. The van der Waals surface area contributed by atoms with Crippen molar-refractivity contribution in [2.24, 2.45) is 0 Å². The molecule has 0 aromatic rings. The molecular weight excluding hydrogens is 277 g/mol. The fourth-order valence-electron chi connectivity index (χ4n) is 0.629. The van der Waals surface area contributed by atoms with Crippen molar-refractivity contribution >= 4 is 11.6 Å². The van der Waals surface area contributed by atoms with Crippen LogP contribution in [0.25, 0.3) is 0 Å². The Morgan fingerprint density at radius 1 is 1.31 bits per heavy atom. The van der Waals surface area contributed by atoms with E-state index in [9.17, 15) is 13.2 Å². The molecule has 1 aliphatic carbocycles. The molecule has 0 spiro atoms. The first-order valence-corrected chi connectivity index (χ1v) is 3.12. The van der Waals surface area contributed by atoms with E-state index in [1.54, 1.807) is 0 Å². The molecule has 0 fully saturated rings. The molecular formula is C7H3Cl2F3Zn-. The van der Waals surface area contributed by atoms with Crippen LogP contribution in [0, 0.1) is 5.92 Å². The summed E-state index contributed by atoms with van der Waals surface area (Å²) in [6.45, 7) is 0. The van der Waals surface area contributed by atoms with Gasteiger partial charge in [-0.25, -0.2) is 0 Å². The van der Waals surface area contributed by atoms with E-state index in [0.29, 0.717) is 0 Å². The summed E-state index contributed by atoms with van der Waals surface area (Å²) in [7, 11) is 0. The third-order valence-corrected chi connectivity index (χ3v) is 1.45. The molecule has 69 valence electrons. The molecule has 1 aliphatic rings. The molecule has 1 rings (SSSR count). The van der Waals surface area contributed by atoms with Crippen LogP contribution in [0.5, 0.6) is 0 Å². The number of alkyl halides is 3. The van der Waals surface area contributed by atoms with E-state index < -0.39 is 12.1 Å². The van der Waals surface area contributed by atoms with Gasteiger partial charge in [-0.15, -0.1) is 5.73 Å². The molecule has 6 heteroatoms. The zero-order valence-electron chi connectivity index (χ0n) is 6.33. The summed E-state index contributed by atoms with van der Waals surface area (Å²) in [4.78, 5) is 0. The van der Waals surface area contributed by atoms with Gasteiger partial charge in [0.15, 0.2) is 5.92 Å². The van der Waals surface area contributed by atoms with Gasteiger partial charge in [-0.2, -0.15) is 13.2 Å². The first-order valence-electron chi connectivity index (χ1n) is 2.74. The van der Waals surface area contributed by atoms with Crippen molar-refractivity contribution in [3.05, 3.63) is 34.9 Å². The number of allylic oxidation sites excluding steroid dienone is 3. The first-order chi connectivity index (χ1) is 5.02. The summed E-state index contributed by atoms with van der Waals surface area (Å²) in [6.07, 6.45) is -1.07. The molecule has 0 unspecified atom stereocenters. The second-order valence-electron chi connectivity index (χ2n) is 1.90. The molecule has 0 N–H and O–H groups in total. The van der Waals surface area contributed by atoms with Gasteiger partial charge in [0.25, 0.3) is 0 Å². The summed E-state index contributed by atoms with van der Waals surface area (Å²) >= 11 is 5.27. The molecule has 0 bridgehead atoms. The average Bonchev–Trinajstić information content (AvgIpc) is 1.86. The summed E-state index contributed by atoms with van der Waals surface area (Å²) in [5, 5.41) is -0.295. The van der Waals surface area contributed by atoms with E-state index >= 15 is 0 Å². The summed E-state index contributed by atoms with van der Waals surface area (Å²) in [5.41, 5.74) is 2.30. The number of rotatable bonds is 0. The third-order valence-electron chi connectivity index (χ3n) is 1.12. The first kappa shape index (κ1) is 15.7. The van der Waals surface area contributed by atoms with Crippen LogP contribution < -0.4 is 12.4 Å². The Kier molecular flexibility index (Phi) is 7.10. The van der Waals surface area contributed by atoms with Gasteiger partial charge in [0.1, 0.15) is 0 Å². The topological polar surface area (TPSA) is 0 Å². The second kappa shape index (κ2) is 5.87. The molecule has 0 saturated heterocycles. The Morgan fingerprint density at radius 2 is 1.85 bits per heavy atom. The van der Waals surface area contributed by atoms with Crippen molar-refractivity contribution in [3.63, 3.8) is 0 Å². The van der Waals surface area contributed by atoms with Crippen molar-refractivity contribution in [2.45, 2.75) is 6.18 Å². The molecule has 0 saturated carbocycles. The molecule has 0 aromatic carbocycles. The Hall–Kier alpha value is 0.253. The van der Waals surface area contributed by atoms with E-state index in [1.165, 1.54) is 6.08 Å². The van der Waals surface area contributed by atoms with Gasteiger partial charge in [0, 0.05) is 24.5 Å². The van der Waals surface area contributed by atoms with Gasteiger partial charge in [-0.05, 0) is 18.2 Å². The van der Waals surface area contributed by atoms with Gasteiger partial charge in [-0.3, -0.25) is 0 Å². The molecule has 0 atom stereocenters. The Balaban J connectivity index is 0. The Labute approximate surface area is 97.7 Å². The van der Waals surface area contributed by atoms with Crippen LogP contribution >= 0.6 is 11.6 Å². The fraction of sp³-hybridized carbons (Fsp3) is 0.143. The monoisotopic (exact) mass is 278 g/mol. The van der Waals surface area contributed by atoms with Gasteiger partial charge >= 0.3 is 6.18 Å². The minimum Gasteiger partial charge on any atom is -1.00 e. The molecule has 0 aliphatic heterocycles. The van der Waals surface area contributed by atoms with Crippen LogP contribution in [0.1, 0.15) is 0 Å². The summed E-state index contributed by atoms with van der Waals surface area (Å²) < 4.78 is 35.8. The molecule has 0 nitrogen and oxygen atoms in total. The van der Waals surface area contributed by atoms with E-state index in [1.807, 2.05) is 0 Å². The van der Waals surface area contributed by atoms with Crippen LogP contribution in [0.15, 0.2) is 29.0 Å². The maximum atomic E-state index is 11.9. The van der Waals surface area contributed by atoms with Crippen LogP contribution in [-0.2, 0) is 19.5 Å². The third kappa shape index (κ3) is 4.33. The predicted molar refractivity (Wildman–Crippen MR) is 35.9 cm³/mol. The minimum atomic E-state index is -4.38. The van der Waals surface area contributed by atoms with Gasteiger partial charge in [0.2, 0.25) is 0 Å². The van der Waals surface area contributed by atoms with Gasteiger partial charge < -0.3 is 12.4 Å². The molecule has 0 heterocycles. The Morgan fingerprint density at radius 3 is 2.15 bits per heavy atom. The summed E-state index contributed by atoms with van der Waals surface area (Å²) in [6, 6.07) is 0. The van der Waals surface area contributed by atoms with Crippen molar-refractivity contribution in [1.29, 1.82) is 0 Å². The van der Waals surface area contributed by atoms with Crippen LogP contribution in [0.4, 0.5) is 13.2 Å². The van der Waals surface area contributed by atoms with E-state index in [2.05, 4.69) is 5.73 Å². The average molecular weight is 280 g/mol. The van der Waals surface area contributed by atoms with Crippen molar-refractivity contribution < 1.29 is 45.1 Å². The summed E-state index contributed by atoms with van der Waals surface area (Å²) in [5.74, 6) is -0.846. The predicted octanol–water partition coefficient (Wildman–Crippen LogP) is -0.0277. The van der Waals surface area contributed by atoms with Crippen molar-refractivity contribution in [3.8, 4) is 0 Å². The number of hydrogen-bond donors (Lipinski definition) is 0. The number of hydrogen-bond acceptors (Lipinski definition) is 0. The van der Waals surface area contributed by atoms with Crippen molar-refractivity contribution in [2.75, 3.05) is 0 Å². The minimum absolute atomic E-state index is 0. The normalized spacial score (nSPS) is 15.8. The smallest absolute Gasteiger partial charge is 0.404 e. The van der Waals surface area contributed by atoms with E-state index in [0.717, 1.165) is 12.2 Å². The maximum absolute atomic E-state index is 11.9. The second-order valence-corrected chi connectivity index (χ2v) is 2.31. The Bertz CT molecular complexity index is 251. The van der Waals surface area contributed by atoms with E-state index in [4.69, 9.17) is 11.6 Å². The molecule has 0 aromatic heterocycles. The number of halogens is 5. The van der Waals surface area contributed by atoms with Crippen molar-refractivity contribution in [1.82, 2.24) is 0 Å². The van der Waals surface area contributed by atoms with Crippen LogP contribution in [0.3, 0.4) is 0 Å². The fourth-order valence-corrected chi connectivity index (χ4v) is 0.853. The standard InChI is InChI=1S/C7H3ClF3.ClH.Zn/c8-6-4-2-1-3-5(6)7(9,10)11;;/h2-4H;1H;/p-1. The van der Waals surface area contributed by atoms with Gasteiger partial charge in [0.05, 0.1) is 0 Å². The SMILES string of the molecule is FC(F)(F)[C]1C=C=CC=C1Cl.[Cl-].[Zn]. The molecule has 0 amide bonds. The zero-order valence-corrected chi connectivity index (χ0v) is 10.8. The van der Waals surface area contributed by atoms with Crippen LogP contribution in [-0.4, -0.2) is 6.18 Å². The largest absolute Gasteiger partial charge is 1.00 e. The van der Waals surface area contributed by atoms with Gasteiger partial charge in [-0.1, -0.05) is 11.6 Å². The van der Waals surface area contributed by atoms with Crippen LogP contribution in [0.2, 0.25) is 0 Å². The molecule has 1 radical (unpaired) electrons. The molecule has 13 heavy (non-hydrogen) atoms.